The van der Waals surface area contributed by atoms with Gasteiger partial charge in [-0.3, -0.25) is 4.79 Å². The number of nitrogens with one attached hydrogen (secondary N) is 2. The summed E-state index contributed by atoms with van der Waals surface area (Å²) < 4.78 is 20.1. The van der Waals surface area contributed by atoms with Gasteiger partial charge in [0.2, 0.25) is 5.91 Å². The van der Waals surface area contributed by atoms with Gasteiger partial charge in [-0.1, -0.05) is 12.1 Å². The van der Waals surface area contributed by atoms with E-state index in [-0.39, 0.29) is 17.4 Å². The first-order chi connectivity index (χ1) is 11.2. The number of benzene rings is 1. The maximum Gasteiger partial charge on any atom is 0.231 e. The number of ether oxygens (including phenoxy) is 1. The Morgan fingerprint density at radius 2 is 2.22 bits per heavy atom. The van der Waals surface area contributed by atoms with Crippen molar-refractivity contribution in [2.24, 2.45) is 5.41 Å². The van der Waals surface area contributed by atoms with Gasteiger partial charge >= 0.3 is 0 Å². The lowest BCUT2D eigenvalue weighted by Gasteiger charge is -2.35. The van der Waals surface area contributed by atoms with Gasteiger partial charge in [0, 0.05) is 19.8 Å². The minimum atomic E-state index is -0.538. The fraction of sp³-hybridized carbons (Fsp3) is 0.500. The van der Waals surface area contributed by atoms with E-state index in [2.05, 4.69) is 17.2 Å². The second-order valence-corrected chi connectivity index (χ2v) is 6.33. The molecule has 0 bridgehead atoms. The van der Waals surface area contributed by atoms with E-state index >= 15 is 0 Å². The average Bonchev–Trinajstić information content (AvgIpc) is 2.58. The molecule has 0 atom stereocenters. The molecule has 0 spiro atoms. The Labute approximate surface area is 136 Å². The Kier molecular flexibility index (Phi) is 4.78. The first-order valence-electron chi connectivity index (χ1n) is 8.17. The molecule has 23 heavy (non-hydrogen) atoms. The highest BCUT2D eigenvalue weighted by Gasteiger charge is 2.39. The molecule has 1 saturated heterocycles. The average molecular weight is 318 g/mol. The van der Waals surface area contributed by atoms with Crippen LogP contribution in [-0.2, 0) is 22.5 Å². The highest BCUT2D eigenvalue weighted by molar-refractivity contribution is 5.95. The smallest absolute Gasteiger partial charge is 0.231 e. The Bertz CT molecular complexity index is 609. The van der Waals surface area contributed by atoms with E-state index in [4.69, 9.17) is 4.74 Å². The van der Waals surface area contributed by atoms with E-state index < -0.39 is 5.41 Å². The Balaban J connectivity index is 1.83. The van der Waals surface area contributed by atoms with Gasteiger partial charge in [0.15, 0.2) is 0 Å². The fourth-order valence-electron chi connectivity index (χ4n) is 3.45. The second kappa shape index (κ2) is 6.81. The standard InChI is InChI=1S/C18H23FN2O2/c1-2-6-18(7-10-23-11-8-18)17(22)21-15-4-3-13-12-20-9-5-14(13)16(15)19/h2-4,20H,1,5-12H2,(H,21,22). The number of halogens is 1. The predicted octanol–water partition coefficient (Wildman–Crippen LogP) is 2.78. The lowest BCUT2D eigenvalue weighted by Crippen LogP contribution is -2.41. The van der Waals surface area contributed by atoms with Crippen LogP contribution in [0.5, 0.6) is 0 Å². The maximum atomic E-state index is 14.7. The van der Waals surface area contributed by atoms with Crippen molar-refractivity contribution >= 4 is 11.6 Å². The number of carbonyl (C=O) groups is 1. The number of hydrogen-bond donors (Lipinski definition) is 2. The molecule has 1 amide bonds. The molecule has 0 unspecified atom stereocenters. The monoisotopic (exact) mass is 318 g/mol. The quantitative estimate of drug-likeness (QED) is 0.839. The first-order valence-corrected chi connectivity index (χ1v) is 8.17. The van der Waals surface area contributed by atoms with Crippen molar-refractivity contribution in [1.82, 2.24) is 5.32 Å². The van der Waals surface area contributed by atoms with E-state index in [1.165, 1.54) is 0 Å². The minimum Gasteiger partial charge on any atom is -0.381 e. The third-order valence-corrected chi connectivity index (χ3v) is 4.92. The van der Waals surface area contributed by atoms with Crippen molar-refractivity contribution < 1.29 is 13.9 Å². The minimum absolute atomic E-state index is 0.131. The molecule has 4 nitrogen and oxygen atoms in total. The van der Waals surface area contributed by atoms with Gasteiger partial charge in [-0.2, -0.15) is 0 Å². The van der Waals surface area contributed by atoms with Crippen LogP contribution in [0, 0.1) is 11.2 Å². The highest BCUT2D eigenvalue weighted by atomic mass is 19.1. The zero-order chi connectivity index (χ0) is 16.3. The fourth-order valence-corrected chi connectivity index (χ4v) is 3.45. The number of amides is 1. The molecule has 3 rings (SSSR count). The SMILES string of the molecule is C=CCC1(C(=O)Nc2ccc3c(c2F)CCNC3)CCOCC1. The summed E-state index contributed by atoms with van der Waals surface area (Å²) in [4.78, 5) is 12.8. The van der Waals surface area contributed by atoms with Crippen LogP contribution in [0.1, 0.15) is 30.4 Å². The van der Waals surface area contributed by atoms with Crippen molar-refractivity contribution in [2.45, 2.75) is 32.2 Å². The molecule has 0 aromatic heterocycles. The number of allylic oxidation sites excluding steroid dienone is 1. The van der Waals surface area contributed by atoms with Gasteiger partial charge in [-0.15, -0.1) is 6.58 Å². The molecule has 0 saturated carbocycles. The van der Waals surface area contributed by atoms with Crippen LogP contribution < -0.4 is 10.6 Å². The maximum absolute atomic E-state index is 14.7. The van der Waals surface area contributed by atoms with Crippen LogP contribution in [-0.4, -0.2) is 25.7 Å². The number of carbonyl (C=O) groups excluding carboxylic acids is 1. The lowest BCUT2D eigenvalue weighted by atomic mass is 9.76. The van der Waals surface area contributed by atoms with Crippen molar-refractivity contribution in [3.63, 3.8) is 0 Å². The summed E-state index contributed by atoms with van der Waals surface area (Å²) in [5.41, 5.74) is 1.43. The lowest BCUT2D eigenvalue weighted by molar-refractivity contribution is -0.130. The third kappa shape index (κ3) is 3.16. The molecule has 1 aromatic carbocycles. The molecule has 0 radical (unpaired) electrons. The predicted molar refractivity (Wildman–Crippen MR) is 87.7 cm³/mol. The van der Waals surface area contributed by atoms with Crippen LogP contribution in [0.2, 0.25) is 0 Å². The van der Waals surface area contributed by atoms with Crippen LogP contribution in [0.3, 0.4) is 0 Å². The molecule has 5 heteroatoms. The van der Waals surface area contributed by atoms with E-state index in [9.17, 15) is 9.18 Å². The molecule has 2 N–H and O–H groups in total. The normalized spacial score (nSPS) is 19.7. The van der Waals surface area contributed by atoms with Gasteiger partial charge in [0.05, 0.1) is 11.1 Å². The Morgan fingerprint density at radius 3 is 2.96 bits per heavy atom. The second-order valence-electron chi connectivity index (χ2n) is 6.33. The molecular weight excluding hydrogens is 295 g/mol. The topological polar surface area (TPSA) is 50.4 Å². The molecule has 2 aliphatic rings. The molecule has 2 aliphatic heterocycles. The molecule has 1 fully saturated rings. The summed E-state index contributed by atoms with van der Waals surface area (Å²) in [6.07, 6.45) is 4.28. The van der Waals surface area contributed by atoms with E-state index in [0.717, 1.165) is 12.1 Å². The van der Waals surface area contributed by atoms with Gasteiger partial charge in [-0.25, -0.2) is 4.39 Å². The van der Waals surface area contributed by atoms with Crippen molar-refractivity contribution in [3.8, 4) is 0 Å². The summed E-state index contributed by atoms with van der Waals surface area (Å²) in [6.45, 7) is 6.31. The number of rotatable bonds is 4. The number of fused-ring (bicyclic) bond motifs is 1. The van der Waals surface area contributed by atoms with Crippen LogP contribution in [0.15, 0.2) is 24.8 Å². The molecule has 124 valence electrons. The van der Waals surface area contributed by atoms with Gasteiger partial charge in [-0.05, 0) is 49.4 Å². The van der Waals surface area contributed by atoms with Crippen molar-refractivity contribution in [3.05, 3.63) is 41.7 Å². The molecular formula is C18H23FN2O2. The van der Waals surface area contributed by atoms with Gasteiger partial charge < -0.3 is 15.4 Å². The van der Waals surface area contributed by atoms with E-state index in [0.29, 0.717) is 51.0 Å². The molecule has 1 aromatic rings. The largest absolute Gasteiger partial charge is 0.381 e. The summed E-state index contributed by atoms with van der Waals surface area (Å²) in [5.74, 6) is -0.424. The molecule has 2 heterocycles. The highest BCUT2D eigenvalue weighted by Crippen LogP contribution is 2.36. The summed E-state index contributed by atoms with van der Waals surface area (Å²) in [5, 5.41) is 6.04. The van der Waals surface area contributed by atoms with Gasteiger partial charge in [0.25, 0.3) is 0 Å². The number of anilines is 1. The van der Waals surface area contributed by atoms with E-state index in [1.807, 2.05) is 6.07 Å². The number of hydrogen-bond acceptors (Lipinski definition) is 3. The van der Waals surface area contributed by atoms with Crippen LogP contribution >= 0.6 is 0 Å². The third-order valence-electron chi connectivity index (χ3n) is 4.92. The van der Waals surface area contributed by atoms with Crippen LogP contribution in [0.4, 0.5) is 10.1 Å². The molecule has 0 aliphatic carbocycles. The Hall–Kier alpha value is -1.72. The summed E-state index contributed by atoms with van der Waals surface area (Å²) in [7, 11) is 0. The van der Waals surface area contributed by atoms with Crippen molar-refractivity contribution in [2.75, 3.05) is 25.1 Å². The zero-order valence-corrected chi connectivity index (χ0v) is 13.3. The summed E-state index contributed by atoms with van der Waals surface area (Å²) >= 11 is 0. The van der Waals surface area contributed by atoms with Crippen LogP contribution in [0.25, 0.3) is 0 Å². The first kappa shape index (κ1) is 16.1. The summed E-state index contributed by atoms with van der Waals surface area (Å²) in [6, 6.07) is 3.56. The van der Waals surface area contributed by atoms with Gasteiger partial charge in [0.1, 0.15) is 5.82 Å². The zero-order valence-electron chi connectivity index (χ0n) is 13.3. The Morgan fingerprint density at radius 1 is 1.43 bits per heavy atom. The van der Waals surface area contributed by atoms with Crippen molar-refractivity contribution in [1.29, 1.82) is 0 Å². The van der Waals surface area contributed by atoms with E-state index in [1.54, 1.807) is 12.1 Å².